The Bertz CT molecular complexity index is 1790. The van der Waals surface area contributed by atoms with Crippen molar-refractivity contribution in [2.75, 3.05) is 20.4 Å². The van der Waals surface area contributed by atoms with Gasteiger partial charge in [-0.3, -0.25) is 9.67 Å². The molecule has 1 saturated carbocycles. The van der Waals surface area contributed by atoms with Crippen molar-refractivity contribution in [3.63, 3.8) is 0 Å². The zero-order chi connectivity index (χ0) is 30.6. The van der Waals surface area contributed by atoms with Crippen LogP contribution in [-0.2, 0) is 16.5 Å². The summed E-state index contributed by atoms with van der Waals surface area (Å²) in [5, 5.41) is 6.36. The minimum Gasteiger partial charge on any atom is -0.468 e. The number of piperidine rings is 2. The van der Waals surface area contributed by atoms with Crippen molar-refractivity contribution in [1.82, 2.24) is 19.7 Å². The first-order valence-electron chi connectivity index (χ1n) is 14.4. The molecule has 1 aliphatic carbocycles. The van der Waals surface area contributed by atoms with E-state index in [1.54, 1.807) is 31.4 Å². The number of ether oxygens (including phenoxy) is 3. The Hall–Kier alpha value is -4.23. The molecule has 0 spiro atoms. The van der Waals surface area contributed by atoms with Gasteiger partial charge in [0.15, 0.2) is 12.6 Å². The summed E-state index contributed by atoms with van der Waals surface area (Å²) in [5.41, 5.74) is 0.831. The number of carbonyl (C=O) groups excluding carboxylic acids is 1. The number of rotatable bonds is 5. The largest absolute Gasteiger partial charge is 0.468 e. The zero-order valence-corrected chi connectivity index (χ0v) is 24.9. The molecule has 2 bridgehead atoms. The van der Waals surface area contributed by atoms with Crippen LogP contribution in [0.1, 0.15) is 57.2 Å². The van der Waals surface area contributed by atoms with Crippen molar-refractivity contribution in [2.45, 2.75) is 57.6 Å². The molecular weight excluding hydrogens is 554 g/mol. The molecule has 2 aromatic carbocycles. The quantitative estimate of drug-likeness (QED) is 0.195. The number of fused-ring (bicyclic) bond motifs is 5. The van der Waals surface area contributed by atoms with Crippen molar-refractivity contribution in [3.8, 4) is 29.4 Å². The van der Waals surface area contributed by atoms with E-state index in [0.29, 0.717) is 46.0 Å². The highest BCUT2D eigenvalue weighted by molar-refractivity contribution is 6.02. The molecule has 0 radical (unpaired) electrons. The number of nitrogens with zero attached hydrogens (tertiary/aromatic N) is 4. The van der Waals surface area contributed by atoms with Crippen molar-refractivity contribution < 1.29 is 27.8 Å². The van der Waals surface area contributed by atoms with Gasteiger partial charge < -0.3 is 19.1 Å². The lowest BCUT2D eigenvalue weighted by molar-refractivity contribution is -0.0183. The van der Waals surface area contributed by atoms with Gasteiger partial charge in [-0.05, 0) is 69.5 Å². The molecule has 2 aromatic heterocycles. The fraction of sp³-hybridized carbons (Fsp3) is 0.424. The second-order valence-electron chi connectivity index (χ2n) is 12.3. The summed E-state index contributed by atoms with van der Waals surface area (Å²) in [6, 6.07) is 6.18. The molecule has 10 heteroatoms. The number of hydrogen-bond acceptors (Lipinski definition) is 6. The molecule has 43 heavy (non-hydrogen) atoms. The number of pyridine rings is 1. The standard InChI is InChI=1S/C33H34F2N4O4/c1-7-22-26(34)11-9-18-12-21(42-17-41-6)14-24(27(18)22)30-28(35)31-25(15-36-30)29(37-38(31)5)23-13-20-10-8-19(23)16-39(20)32(40)43-33(2,3)4/h1,9,11-12,14-15,19-20,23H,8,10,13,16-17H2,2-6H3. The molecule has 7 rings (SSSR count). The number of aryl methyl sites for hydroxylation is 1. The second kappa shape index (κ2) is 10.8. The summed E-state index contributed by atoms with van der Waals surface area (Å²) < 4.78 is 49.3. The van der Waals surface area contributed by atoms with Crippen molar-refractivity contribution in [3.05, 3.63) is 53.4 Å². The van der Waals surface area contributed by atoms with Gasteiger partial charge in [0.1, 0.15) is 28.4 Å². The summed E-state index contributed by atoms with van der Waals surface area (Å²) in [5.74, 6) is 1.86. The number of carbonyl (C=O) groups is 1. The Labute approximate surface area is 248 Å². The Morgan fingerprint density at radius 2 is 2.00 bits per heavy atom. The number of methoxy groups -OCH3 is 1. The Morgan fingerprint density at radius 1 is 1.21 bits per heavy atom. The van der Waals surface area contributed by atoms with Gasteiger partial charge in [0, 0.05) is 55.2 Å². The van der Waals surface area contributed by atoms with Gasteiger partial charge in [0.05, 0.1) is 11.3 Å². The van der Waals surface area contributed by atoms with E-state index in [-0.39, 0.29) is 42.0 Å². The monoisotopic (exact) mass is 588 g/mol. The Balaban J connectivity index is 1.42. The van der Waals surface area contributed by atoms with Gasteiger partial charge >= 0.3 is 6.09 Å². The van der Waals surface area contributed by atoms with E-state index in [1.807, 2.05) is 25.7 Å². The van der Waals surface area contributed by atoms with Gasteiger partial charge in [-0.2, -0.15) is 5.10 Å². The predicted molar refractivity (Wildman–Crippen MR) is 159 cm³/mol. The summed E-state index contributed by atoms with van der Waals surface area (Å²) in [4.78, 5) is 19.3. The van der Waals surface area contributed by atoms with Crippen LogP contribution in [-0.4, -0.2) is 57.8 Å². The number of halogens is 2. The maximum absolute atomic E-state index is 16.6. The van der Waals surface area contributed by atoms with Crippen LogP contribution in [0.3, 0.4) is 0 Å². The molecule has 1 amide bonds. The number of terminal acetylenes is 1. The Morgan fingerprint density at radius 3 is 2.67 bits per heavy atom. The van der Waals surface area contributed by atoms with E-state index >= 15 is 4.39 Å². The molecule has 2 aliphatic heterocycles. The molecule has 3 aliphatic rings. The van der Waals surface area contributed by atoms with Gasteiger partial charge in [0.25, 0.3) is 0 Å². The van der Waals surface area contributed by atoms with Crippen LogP contribution in [0.15, 0.2) is 30.5 Å². The van der Waals surface area contributed by atoms with Crippen LogP contribution < -0.4 is 4.74 Å². The number of hydrogen-bond donors (Lipinski definition) is 0. The highest BCUT2D eigenvalue weighted by Gasteiger charge is 2.45. The van der Waals surface area contributed by atoms with Crippen LogP contribution in [0, 0.1) is 29.9 Å². The summed E-state index contributed by atoms with van der Waals surface area (Å²) >= 11 is 0. The van der Waals surface area contributed by atoms with Crippen LogP contribution in [0.5, 0.6) is 5.75 Å². The van der Waals surface area contributed by atoms with Crippen LogP contribution in [0.2, 0.25) is 0 Å². The first-order chi connectivity index (χ1) is 20.5. The lowest BCUT2D eigenvalue weighted by Gasteiger charge is -2.49. The average Bonchev–Trinajstić information content (AvgIpc) is 3.32. The second-order valence-corrected chi connectivity index (χ2v) is 12.3. The lowest BCUT2D eigenvalue weighted by atomic mass is 9.70. The fourth-order valence-electron chi connectivity index (χ4n) is 6.65. The van der Waals surface area contributed by atoms with E-state index in [0.717, 1.165) is 18.5 Å². The summed E-state index contributed by atoms with van der Waals surface area (Å²) in [7, 11) is 3.20. The van der Waals surface area contributed by atoms with Crippen LogP contribution in [0.25, 0.3) is 32.9 Å². The molecular formula is C33H34F2N4O4. The first-order valence-corrected chi connectivity index (χ1v) is 14.4. The smallest absolute Gasteiger partial charge is 0.410 e. The van der Waals surface area contributed by atoms with E-state index < -0.39 is 17.2 Å². The molecule has 224 valence electrons. The lowest BCUT2D eigenvalue weighted by Crippen LogP contribution is -2.54. The first kappa shape index (κ1) is 28.9. The maximum Gasteiger partial charge on any atom is 0.410 e. The molecule has 2 saturated heterocycles. The van der Waals surface area contributed by atoms with Gasteiger partial charge in [0.2, 0.25) is 0 Å². The van der Waals surface area contributed by atoms with E-state index in [9.17, 15) is 9.18 Å². The zero-order valence-electron chi connectivity index (χ0n) is 24.9. The van der Waals surface area contributed by atoms with Crippen molar-refractivity contribution in [2.24, 2.45) is 13.0 Å². The third kappa shape index (κ3) is 5.06. The minimum atomic E-state index is -0.590. The summed E-state index contributed by atoms with van der Waals surface area (Å²) in [6.07, 6.45) is 9.60. The molecule has 4 heterocycles. The predicted octanol–water partition coefficient (Wildman–Crippen LogP) is 6.53. The molecule has 3 fully saturated rings. The van der Waals surface area contributed by atoms with Crippen molar-refractivity contribution >= 4 is 27.8 Å². The fourth-order valence-corrected chi connectivity index (χ4v) is 6.65. The SMILES string of the molecule is C#Cc1c(F)ccc2cc(OCOC)cc(-c3ncc4c(C5CC6CCC5CN6C(=O)OC(C)(C)C)nn(C)c4c3F)c12. The Kier molecular flexibility index (Phi) is 7.25. The van der Waals surface area contributed by atoms with Crippen molar-refractivity contribution in [1.29, 1.82) is 0 Å². The van der Waals surface area contributed by atoms with Crippen LogP contribution in [0.4, 0.5) is 13.6 Å². The topological polar surface area (TPSA) is 78.7 Å². The number of benzene rings is 2. The molecule has 4 aromatic rings. The van der Waals surface area contributed by atoms with E-state index in [1.165, 1.54) is 17.9 Å². The number of aromatic nitrogens is 3. The average molecular weight is 589 g/mol. The third-order valence-electron chi connectivity index (χ3n) is 8.45. The van der Waals surface area contributed by atoms with Gasteiger partial charge in [-0.25, -0.2) is 13.6 Å². The maximum atomic E-state index is 16.6. The number of amides is 1. The molecule has 8 nitrogen and oxygen atoms in total. The summed E-state index contributed by atoms with van der Waals surface area (Å²) in [6.45, 7) is 6.13. The van der Waals surface area contributed by atoms with Gasteiger partial charge in [-0.15, -0.1) is 6.42 Å². The third-order valence-corrected chi connectivity index (χ3v) is 8.45. The van der Waals surface area contributed by atoms with E-state index in [4.69, 9.17) is 25.7 Å². The minimum absolute atomic E-state index is 0.0123. The molecule has 3 unspecified atom stereocenters. The van der Waals surface area contributed by atoms with Crippen LogP contribution >= 0.6 is 0 Å². The highest BCUT2D eigenvalue weighted by atomic mass is 19.1. The normalized spacial score (nSPS) is 20.0. The molecule has 0 N–H and O–H groups in total. The van der Waals surface area contributed by atoms with Gasteiger partial charge in [-0.1, -0.05) is 12.0 Å². The highest BCUT2D eigenvalue weighted by Crippen LogP contribution is 2.47. The van der Waals surface area contributed by atoms with E-state index in [2.05, 4.69) is 10.9 Å². The molecule has 3 atom stereocenters.